The minimum absolute atomic E-state index is 0.817. The SMILES string of the molecule is Cc1cccc(Cc2ccccc2Cl)c1Cc1ccccc1Cl. The van der Waals surface area contributed by atoms with Gasteiger partial charge in [0.1, 0.15) is 0 Å². The van der Waals surface area contributed by atoms with Crippen LogP contribution in [-0.2, 0) is 12.8 Å². The van der Waals surface area contributed by atoms with Crippen LogP contribution in [0.5, 0.6) is 0 Å². The fraction of sp³-hybridized carbons (Fsp3) is 0.143. The molecule has 2 heteroatoms. The van der Waals surface area contributed by atoms with Crippen molar-refractivity contribution in [2.24, 2.45) is 0 Å². The van der Waals surface area contributed by atoms with Crippen molar-refractivity contribution in [2.75, 3.05) is 0 Å². The summed E-state index contributed by atoms with van der Waals surface area (Å²) in [5.74, 6) is 0. The standard InChI is InChI=1S/C21H18Cl2/c1-15-7-6-10-16(13-17-8-2-4-11-20(17)22)19(15)14-18-9-3-5-12-21(18)23/h2-12H,13-14H2,1H3. The number of rotatable bonds is 4. The zero-order chi connectivity index (χ0) is 16.2. The molecular formula is C21H18Cl2. The van der Waals surface area contributed by atoms with Crippen molar-refractivity contribution in [1.82, 2.24) is 0 Å². The van der Waals surface area contributed by atoms with E-state index in [0.29, 0.717) is 0 Å². The van der Waals surface area contributed by atoms with E-state index in [2.05, 4.69) is 37.3 Å². The van der Waals surface area contributed by atoms with Gasteiger partial charge >= 0.3 is 0 Å². The van der Waals surface area contributed by atoms with Crippen LogP contribution in [0.15, 0.2) is 66.7 Å². The Labute approximate surface area is 147 Å². The van der Waals surface area contributed by atoms with Crippen LogP contribution in [0.2, 0.25) is 10.0 Å². The molecule has 0 aliphatic rings. The van der Waals surface area contributed by atoms with E-state index in [1.165, 1.54) is 16.7 Å². The lowest BCUT2D eigenvalue weighted by molar-refractivity contribution is 1.07. The molecule has 3 rings (SSSR count). The Bertz CT molecular complexity index is 822. The van der Waals surface area contributed by atoms with E-state index in [0.717, 1.165) is 34.0 Å². The van der Waals surface area contributed by atoms with E-state index in [1.54, 1.807) is 0 Å². The first-order chi connectivity index (χ1) is 11.1. The third kappa shape index (κ3) is 3.77. The molecule has 0 nitrogen and oxygen atoms in total. The highest BCUT2D eigenvalue weighted by molar-refractivity contribution is 6.31. The number of hydrogen-bond donors (Lipinski definition) is 0. The molecule has 0 aliphatic heterocycles. The molecule has 0 aromatic heterocycles. The van der Waals surface area contributed by atoms with E-state index in [9.17, 15) is 0 Å². The summed E-state index contributed by atoms with van der Waals surface area (Å²) in [7, 11) is 0. The van der Waals surface area contributed by atoms with Gasteiger partial charge < -0.3 is 0 Å². The maximum Gasteiger partial charge on any atom is 0.0441 e. The van der Waals surface area contributed by atoms with E-state index in [4.69, 9.17) is 23.2 Å². The van der Waals surface area contributed by atoms with Gasteiger partial charge in [0.05, 0.1) is 0 Å². The van der Waals surface area contributed by atoms with Gasteiger partial charge in [-0.3, -0.25) is 0 Å². The molecule has 0 fully saturated rings. The molecule has 0 N–H and O–H groups in total. The fourth-order valence-corrected chi connectivity index (χ4v) is 3.27. The average molecular weight is 341 g/mol. The number of halogens is 2. The van der Waals surface area contributed by atoms with Gasteiger partial charge in [-0.2, -0.15) is 0 Å². The van der Waals surface area contributed by atoms with Gasteiger partial charge in [0.15, 0.2) is 0 Å². The van der Waals surface area contributed by atoms with Crippen molar-refractivity contribution >= 4 is 23.2 Å². The van der Waals surface area contributed by atoms with Gasteiger partial charge in [-0.05, 0) is 59.7 Å². The molecule has 0 spiro atoms. The minimum atomic E-state index is 0.817. The quantitative estimate of drug-likeness (QED) is 0.509. The predicted octanol–water partition coefficient (Wildman–Crippen LogP) is 6.48. The Morgan fingerprint density at radius 1 is 0.609 bits per heavy atom. The van der Waals surface area contributed by atoms with Crippen LogP contribution in [0, 0.1) is 6.92 Å². The summed E-state index contributed by atoms with van der Waals surface area (Å²) in [6, 6.07) is 22.5. The lowest BCUT2D eigenvalue weighted by Crippen LogP contribution is -2.01. The molecule has 0 saturated heterocycles. The number of benzene rings is 3. The summed E-state index contributed by atoms with van der Waals surface area (Å²) < 4.78 is 0. The first kappa shape index (κ1) is 16.1. The maximum absolute atomic E-state index is 6.34. The van der Waals surface area contributed by atoms with Gasteiger partial charge in [-0.15, -0.1) is 0 Å². The first-order valence-electron chi connectivity index (χ1n) is 7.69. The van der Waals surface area contributed by atoms with E-state index >= 15 is 0 Å². The average Bonchev–Trinajstić information content (AvgIpc) is 2.54. The molecule has 0 bridgehead atoms. The van der Waals surface area contributed by atoms with Crippen molar-refractivity contribution in [3.8, 4) is 0 Å². The highest BCUT2D eigenvalue weighted by Crippen LogP contribution is 2.26. The minimum Gasteiger partial charge on any atom is -0.0840 e. The Morgan fingerprint density at radius 2 is 1.13 bits per heavy atom. The molecule has 0 heterocycles. The number of hydrogen-bond acceptors (Lipinski definition) is 0. The third-order valence-corrected chi connectivity index (χ3v) is 4.91. The highest BCUT2D eigenvalue weighted by Gasteiger charge is 2.10. The normalized spacial score (nSPS) is 10.7. The largest absolute Gasteiger partial charge is 0.0840 e. The van der Waals surface area contributed by atoms with Crippen LogP contribution in [0.1, 0.15) is 27.8 Å². The smallest absolute Gasteiger partial charge is 0.0441 e. The molecular weight excluding hydrogens is 323 g/mol. The van der Waals surface area contributed by atoms with Crippen molar-refractivity contribution in [2.45, 2.75) is 19.8 Å². The summed E-state index contributed by atoms with van der Waals surface area (Å²) in [5.41, 5.74) is 6.23. The van der Waals surface area contributed by atoms with E-state index < -0.39 is 0 Å². The molecule has 0 aliphatic carbocycles. The Morgan fingerprint density at radius 3 is 1.74 bits per heavy atom. The lowest BCUT2D eigenvalue weighted by Gasteiger charge is -2.14. The van der Waals surface area contributed by atoms with Crippen LogP contribution in [0.25, 0.3) is 0 Å². The second kappa shape index (κ2) is 7.21. The van der Waals surface area contributed by atoms with Gasteiger partial charge in [0, 0.05) is 10.0 Å². The Balaban J connectivity index is 1.97. The van der Waals surface area contributed by atoms with Crippen molar-refractivity contribution in [3.05, 3.63) is 105 Å². The monoisotopic (exact) mass is 340 g/mol. The summed E-state index contributed by atoms with van der Waals surface area (Å²) in [5, 5.41) is 1.64. The van der Waals surface area contributed by atoms with Crippen LogP contribution in [0.3, 0.4) is 0 Å². The molecule has 0 saturated carbocycles. The van der Waals surface area contributed by atoms with Crippen molar-refractivity contribution < 1.29 is 0 Å². The van der Waals surface area contributed by atoms with Gasteiger partial charge in [0.2, 0.25) is 0 Å². The predicted molar refractivity (Wildman–Crippen MR) is 99.7 cm³/mol. The van der Waals surface area contributed by atoms with Crippen LogP contribution in [-0.4, -0.2) is 0 Å². The van der Waals surface area contributed by atoms with Crippen molar-refractivity contribution in [1.29, 1.82) is 0 Å². The number of aryl methyl sites for hydroxylation is 1. The van der Waals surface area contributed by atoms with Gasteiger partial charge in [-0.1, -0.05) is 77.8 Å². The van der Waals surface area contributed by atoms with Crippen LogP contribution in [0.4, 0.5) is 0 Å². The topological polar surface area (TPSA) is 0 Å². The highest BCUT2D eigenvalue weighted by atomic mass is 35.5. The summed E-state index contributed by atoms with van der Waals surface area (Å²) in [6.45, 7) is 2.16. The fourth-order valence-electron chi connectivity index (χ4n) is 2.86. The van der Waals surface area contributed by atoms with Gasteiger partial charge in [0.25, 0.3) is 0 Å². The Kier molecular flexibility index (Phi) is 5.05. The van der Waals surface area contributed by atoms with E-state index in [-0.39, 0.29) is 0 Å². The van der Waals surface area contributed by atoms with Gasteiger partial charge in [-0.25, -0.2) is 0 Å². The summed E-state index contributed by atoms with van der Waals surface area (Å²) in [4.78, 5) is 0. The second-order valence-electron chi connectivity index (χ2n) is 5.75. The third-order valence-electron chi connectivity index (χ3n) is 4.17. The van der Waals surface area contributed by atoms with Crippen molar-refractivity contribution in [3.63, 3.8) is 0 Å². The zero-order valence-corrected chi connectivity index (χ0v) is 14.5. The molecule has 3 aromatic rings. The maximum atomic E-state index is 6.34. The molecule has 0 radical (unpaired) electrons. The van der Waals surface area contributed by atoms with E-state index in [1.807, 2.05) is 36.4 Å². The Hall–Kier alpha value is -1.76. The lowest BCUT2D eigenvalue weighted by atomic mass is 9.92. The molecule has 0 amide bonds. The summed E-state index contributed by atoms with van der Waals surface area (Å²) >= 11 is 12.7. The second-order valence-corrected chi connectivity index (χ2v) is 6.56. The zero-order valence-electron chi connectivity index (χ0n) is 13.0. The van der Waals surface area contributed by atoms with Crippen LogP contribution >= 0.6 is 23.2 Å². The summed E-state index contributed by atoms with van der Waals surface area (Å²) in [6.07, 6.45) is 1.67. The molecule has 3 aromatic carbocycles. The van der Waals surface area contributed by atoms with Crippen LogP contribution < -0.4 is 0 Å². The molecule has 23 heavy (non-hydrogen) atoms. The first-order valence-corrected chi connectivity index (χ1v) is 8.45. The molecule has 116 valence electrons. The molecule has 0 unspecified atom stereocenters. The molecule has 0 atom stereocenters.